The van der Waals surface area contributed by atoms with Crippen LogP contribution in [0.15, 0.2) is 36.4 Å². The molecule has 0 heterocycles. The highest BCUT2D eigenvalue weighted by atomic mass is 16.2. The van der Waals surface area contributed by atoms with Crippen molar-refractivity contribution in [2.45, 2.75) is 19.8 Å². The van der Waals surface area contributed by atoms with Crippen LogP contribution >= 0.6 is 0 Å². The summed E-state index contributed by atoms with van der Waals surface area (Å²) in [6, 6.07) is 8.42. The van der Waals surface area contributed by atoms with E-state index >= 15 is 0 Å². The fraction of sp³-hybridized carbons (Fsp3) is 0.333. The van der Waals surface area contributed by atoms with Gasteiger partial charge in [-0.3, -0.25) is 0 Å². The monoisotopic (exact) mass is 176 g/mol. The predicted octanol–water partition coefficient (Wildman–Crippen LogP) is 2.34. The van der Waals surface area contributed by atoms with Crippen molar-refractivity contribution < 1.29 is 5.11 Å². The molecule has 0 spiro atoms. The molecule has 0 unspecified atom stereocenters. The summed E-state index contributed by atoms with van der Waals surface area (Å²) in [5.41, 5.74) is 2.75. The molecule has 0 aliphatic heterocycles. The molecule has 0 aromatic heterocycles. The minimum Gasteiger partial charge on any atom is -0.392 e. The van der Waals surface area contributed by atoms with E-state index in [2.05, 4.69) is 31.2 Å². The number of aliphatic hydroxyl groups excluding tert-OH is 1. The van der Waals surface area contributed by atoms with E-state index in [-0.39, 0.29) is 6.61 Å². The van der Waals surface area contributed by atoms with Gasteiger partial charge in [0.1, 0.15) is 0 Å². The van der Waals surface area contributed by atoms with Crippen molar-refractivity contribution in [1.29, 1.82) is 0 Å². The lowest BCUT2D eigenvalue weighted by atomic mass is 10.0. The van der Waals surface area contributed by atoms with Crippen molar-refractivity contribution >= 4 is 0 Å². The summed E-state index contributed by atoms with van der Waals surface area (Å²) >= 11 is 0. The van der Waals surface area contributed by atoms with Gasteiger partial charge < -0.3 is 5.11 Å². The van der Waals surface area contributed by atoms with Gasteiger partial charge in [-0.25, -0.2) is 0 Å². The molecule has 0 saturated carbocycles. The van der Waals surface area contributed by atoms with Crippen molar-refractivity contribution in [3.63, 3.8) is 0 Å². The molecule has 0 fully saturated rings. The Morgan fingerprint density at radius 3 is 2.46 bits per heavy atom. The highest BCUT2D eigenvalue weighted by molar-refractivity contribution is 5.28. The van der Waals surface area contributed by atoms with Gasteiger partial charge in [-0.05, 0) is 24.0 Å². The lowest BCUT2D eigenvalue weighted by Gasteiger charge is -2.03. The molecule has 1 aromatic rings. The third kappa shape index (κ3) is 3.03. The molecule has 1 rings (SSSR count). The maximum atomic E-state index is 8.58. The van der Waals surface area contributed by atoms with Gasteiger partial charge in [0.15, 0.2) is 0 Å². The molecule has 0 saturated heterocycles. The second kappa shape index (κ2) is 5.55. The SMILES string of the molecule is CCc1ccccc1CC=CCO. The number of allylic oxidation sites excluding steroid dienone is 1. The van der Waals surface area contributed by atoms with Gasteiger partial charge in [0, 0.05) is 0 Å². The fourth-order valence-corrected chi connectivity index (χ4v) is 1.39. The Hall–Kier alpha value is -1.08. The number of rotatable bonds is 4. The summed E-state index contributed by atoms with van der Waals surface area (Å²) in [6.45, 7) is 2.29. The normalized spacial score (nSPS) is 10.9. The zero-order valence-electron chi connectivity index (χ0n) is 8.03. The van der Waals surface area contributed by atoms with Crippen LogP contribution in [0, 0.1) is 0 Å². The second-order valence-electron chi connectivity index (χ2n) is 2.98. The molecule has 1 heteroatoms. The first-order valence-electron chi connectivity index (χ1n) is 4.71. The zero-order valence-corrected chi connectivity index (χ0v) is 8.03. The smallest absolute Gasteiger partial charge is 0.0612 e. The summed E-state index contributed by atoms with van der Waals surface area (Å²) in [7, 11) is 0. The van der Waals surface area contributed by atoms with Gasteiger partial charge in [-0.15, -0.1) is 0 Å². The first-order valence-corrected chi connectivity index (χ1v) is 4.71. The minimum absolute atomic E-state index is 0.133. The van der Waals surface area contributed by atoms with Crippen molar-refractivity contribution in [2.24, 2.45) is 0 Å². The van der Waals surface area contributed by atoms with Crippen molar-refractivity contribution in [3.05, 3.63) is 47.5 Å². The van der Waals surface area contributed by atoms with Crippen LogP contribution in [0.2, 0.25) is 0 Å². The van der Waals surface area contributed by atoms with Crippen molar-refractivity contribution in [1.82, 2.24) is 0 Å². The highest BCUT2D eigenvalue weighted by Crippen LogP contribution is 2.10. The van der Waals surface area contributed by atoms with E-state index in [0.717, 1.165) is 12.8 Å². The van der Waals surface area contributed by atoms with Gasteiger partial charge >= 0.3 is 0 Å². The van der Waals surface area contributed by atoms with Gasteiger partial charge in [-0.1, -0.05) is 43.3 Å². The van der Waals surface area contributed by atoms with Crippen LogP contribution in [0.4, 0.5) is 0 Å². The molecule has 0 radical (unpaired) electrons. The van der Waals surface area contributed by atoms with E-state index in [4.69, 9.17) is 5.11 Å². The maximum Gasteiger partial charge on any atom is 0.0612 e. The van der Waals surface area contributed by atoms with Gasteiger partial charge in [-0.2, -0.15) is 0 Å². The van der Waals surface area contributed by atoms with Crippen LogP contribution < -0.4 is 0 Å². The lowest BCUT2D eigenvalue weighted by molar-refractivity contribution is 0.342. The molecule has 0 atom stereocenters. The average Bonchev–Trinajstić information content (AvgIpc) is 2.19. The standard InChI is InChI=1S/C12H16O/c1-2-11-7-3-4-8-12(11)9-5-6-10-13/h3-8,13H,2,9-10H2,1H3. The Balaban J connectivity index is 2.69. The van der Waals surface area contributed by atoms with E-state index in [1.54, 1.807) is 6.08 Å². The molecule has 0 aliphatic carbocycles. The predicted molar refractivity (Wildman–Crippen MR) is 55.7 cm³/mol. The Morgan fingerprint density at radius 1 is 1.15 bits per heavy atom. The number of aryl methyl sites for hydroxylation is 1. The molecule has 70 valence electrons. The lowest BCUT2D eigenvalue weighted by Crippen LogP contribution is -1.90. The van der Waals surface area contributed by atoms with E-state index in [0.29, 0.717) is 0 Å². The van der Waals surface area contributed by atoms with Crippen molar-refractivity contribution in [2.75, 3.05) is 6.61 Å². The van der Waals surface area contributed by atoms with Crippen LogP contribution in [-0.4, -0.2) is 11.7 Å². The second-order valence-corrected chi connectivity index (χ2v) is 2.98. The number of hydrogen-bond acceptors (Lipinski definition) is 1. The summed E-state index contributed by atoms with van der Waals surface area (Å²) in [5.74, 6) is 0. The van der Waals surface area contributed by atoms with E-state index < -0.39 is 0 Å². The summed E-state index contributed by atoms with van der Waals surface area (Å²) in [5, 5.41) is 8.58. The van der Waals surface area contributed by atoms with Crippen molar-refractivity contribution in [3.8, 4) is 0 Å². The Kier molecular flexibility index (Phi) is 4.27. The molecular formula is C12H16O. The Bertz CT molecular complexity index is 276. The van der Waals surface area contributed by atoms with E-state index in [9.17, 15) is 0 Å². The molecular weight excluding hydrogens is 160 g/mol. The van der Waals surface area contributed by atoms with Gasteiger partial charge in [0.05, 0.1) is 6.61 Å². The summed E-state index contributed by atoms with van der Waals surface area (Å²) in [4.78, 5) is 0. The zero-order chi connectivity index (χ0) is 9.52. The summed E-state index contributed by atoms with van der Waals surface area (Å²) in [6.07, 6.45) is 5.79. The molecule has 1 aromatic carbocycles. The molecule has 0 aliphatic rings. The first-order chi connectivity index (χ1) is 6.38. The third-order valence-electron chi connectivity index (χ3n) is 2.11. The third-order valence-corrected chi connectivity index (χ3v) is 2.11. The topological polar surface area (TPSA) is 20.2 Å². The minimum atomic E-state index is 0.133. The quantitative estimate of drug-likeness (QED) is 0.698. The Morgan fingerprint density at radius 2 is 1.85 bits per heavy atom. The molecule has 1 N–H and O–H groups in total. The number of hydrogen-bond donors (Lipinski definition) is 1. The fourth-order valence-electron chi connectivity index (χ4n) is 1.39. The molecule has 0 bridgehead atoms. The maximum absolute atomic E-state index is 8.58. The number of benzene rings is 1. The van der Waals surface area contributed by atoms with Crippen LogP contribution in [-0.2, 0) is 12.8 Å². The molecule has 1 nitrogen and oxygen atoms in total. The highest BCUT2D eigenvalue weighted by Gasteiger charge is 1.95. The van der Waals surface area contributed by atoms with Crippen LogP contribution in [0.3, 0.4) is 0 Å². The first kappa shape index (κ1) is 10.0. The summed E-state index contributed by atoms with van der Waals surface area (Å²) < 4.78 is 0. The van der Waals surface area contributed by atoms with Gasteiger partial charge in [0.2, 0.25) is 0 Å². The van der Waals surface area contributed by atoms with E-state index in [1.807, 2.05) is 6.08 Å². The largest absolute Gasteiger partial charge is 0.392 e. The van der Waals surface area contributed by atoms with Gasteiger partial charge in [0.25, 0.3) is 0 Å². The molecule has 0 amide bonds. The van der Waals surface area contributed by atoms with Crippen LogP contribution in [0.25, 0.3) is 0 Å². The van der Waals surface area contributed by atoms with E-state index in [1.165, 1.54) is 11.1 Å². The molecule has 13 heavy (non-hydrogen) atoms. The number of aliphatic hydroxyl groups is 1. The van der Waals surface area contributed by atoms with Crippen LogP contribution in [0.5, 0.6) is 0 Å². The average molecular weight is 176 g/mol. The Labute approximate surface area is 79.7 Å². The van der Waals surface area contributed by atoms with Crippen LogP contribution in [0.1, 0.15) is 18.1 Å².